The van der Waals surface area contributed by atoms with E-state index >= 15 is 0 Å². The van der Waals surface area contributed by atoms with Gasteiger partial charge in [0.15, 0.2) is 0 Å². The molecule has 116 valence electrons. The number of piperidine rings is 1. The van der Waals surface area contributed by atoms with E-state index in [1.54, 1.807) is 0 Å². The molecule has 1 saturated carbocycles. The maximum absolute atomic E-state index is 11.5. The zero-order valence-corrected chi connectivity index (χ0v) is 13.2. The number of amides is 1. The zero-order chi connectivity index (χ0) is 14.4. The van der Waals surface area contributed by atoms with Crippen LogP contribution >= 0.6 is 0 Å². The second kappa shape index (κ2) is 7.99. The van der Waals surface area contributed by atoms with E-state index in [0.717, 1.165) is 31.8 Å². The van der Waals surface area contributed by atoms with Crippen LogP contribution in [0.4, 0.5) is 0 Å². The molecule has 2 rings (SSSR count). The molecule has 0 aromatic rings. The molecule has 2 unspecified atom stereocenters. The van der Waals surface area contributed by atoms with Crippen LogP contribution in [0.5, 0.6) is 0 Å². The third-order valence-electron chi connectivity index (χ3n) is 4.63. The standard InChI is InChI=1S/C16H31N3O/c1-3-10-19-11-4-5-15(12-19)13(2)17-8-9-18-16(20)14-6-7-14/h13-15,17H,3-12H2,1-2H3,(H,18,20). The largest absolute Gasteiger partial charge is 0.355 e. The molecule has 0 spiro atoms. The summed E-state index contributed by atoms with van der Waals surface area (Å²) in [6.07, 6.45) is 6.09. The van der Waals surface area contributed by atoms with Crippen molar-refractivity contribution in [3.05, 3.63) is 0 Å². The molecular weight excluding hydrogens is 250 g/mol. The van der Waals surface area contributed by atoms with Crippen molar-refractivity contribution in [1.29, 1.82) is 0 Å². The summed E-state index contributed by atoms with van der Waals surface area (Å²) >= 11 is 0. The normalized spacial score (nSPS) is 25.4. The molecule has 1 amide bonds. The number of likely N-dealkylation sites (tertiary alicyclic amines) is 1. The fourth-order valence-electron chi connectivity index (χ4n) is 3.16. The number of carbonyl (C=O) groups excluding carboxylic acids is 1. The van der Waals surface area contributed by atoms with Crippen LogP contribution in [0.1, 0.15) is 46.0 Å². The molecule has 1 heterocycles. The molecule has 0 radical (unpaired) electrons. The Kier molecular flexibility index (Phi) is 6.30. The van der Waals surface area contributed by atoms with Gasteiger partial charge in [0, 0.05) is 31.6 Å². The molecule has 1 aliphatic carbocycles. The molecule has 20 heavy (non-hydrogen) atoms. The van der Waals surface area contributed by atoms with Gasteiger partial charge in [-0.25, -0.2) is 0 Å². The van der Waals surface area contributed by atoms with Crippen molar-refractivity contribution in [3.63, 3.8) is 0 Å². The number of nitrogens with one attached hydrogen (secondary N) is 2. The third-order valence-corrected chi connectivity index (χ3v) is 4.63. The van der Waals surface area contributed by atoms with Crippen molar-refractivity contribution >= 4 is 5.91 Å². The Morgan fingerprint density at radius 1 is 1.30 bits per heavy atom. The van der Waals surface area contributed by atoms with Crippen LogP contribution in [-0.2, 0) is 4.79 Å². The maximum atomic E-state index is 11.5. The summed E-state index contributed by atoms with van der Waals surface area (Å²) in [6, 6.07) is 0.549. The molecule has 2 N–H and O–H groups in total. The van der Waals surface area contributed by atoms with E-state index in [4.69, 9.17) is 0 Å². The van der Waals surface area contributed by atoms with Crippen molar-refractivity contribution in [1.82, 2.24) is 15.5 Å². The molecule has 2 aliphatic rings. The Labute approximate surface area is 123 Å². The molecule has 4 nitrogen and oxygen atoms in total. The number of carbonyl (C=O) groups is 1. The van der Waals surface area contributed by atoms with Crippen LogP contribution in [0, 0.1) is 11.8 Å². The Hall–Kier alpha value is -0.610. The lowest BCUT2D eigenvalue weighted by Crippen LogP contribution is -2.46. The van der Waals surface area contributed by atoms with Gasteiger partial charge in [-0.3, -0.25) is 4.79 Å². The Morgan fingerprint density at radius 2 is 2.10 bits per heavy atom. The molecule has 2 fully saturated rings. The van der Waals surface area contributed by atoms with Crippen molar-refractivity contribution in [2.24, 2.45) is 11.8 Å². The molecular formula is C16H31N3O. The van der Waals surface area contributed by atoms with Gasteiger partial charge in [-0.1, -0.05) is 6.92 Å². The summed E-state index contributed by atoms with van der Waals surface area (Å²) in [7, 11) is 0. The van der Waals surface area contributed by atoms with Crippen LogP contribution < -0.4 is 10.6 Å². The van der Waals surface area contributed by atoms with Gasteiger partial charge < -0.3 is 15.5 Å². The van der Waals surface area contributed by atoms with Gasteiger partial charge in [0.1, 0.15) is 0 Å². The highest BCUT2D eigenvalue weighted by atomic mass is 16.2. The Morgan fingerprint density at radius 3 is 2.80 bits per heavy atom. The van der Waals surface area contributed by atoms with Gasteiger partial charge in [-0.2, -0.15) is 0 Å². The van der Waals surface area contributed by atoms with Gasteiger partial charge in [-0.15, -0.1) is 0 Å². The average Bonchev–Trinajstić information content (AvgIpc) is 3.28. The van der Waals surface area contributed by atoms with Gasteiger partial charge in [0.05, 0.1) is 0 Å². The van der Waals surface area contributed by atoms with Crippen molar-refractivity contribution in [2.75, 3.05) is 32.7 Å². The Balaban J connectivity index is 1.58. The lowest BCUT2D eigenvalue weighted by molar-refractivity contribution is -0.122. The van der Waals surface area contributed by atoms with Crippen molar-refractivity contribution in [3.8, 4) is 0 Å². The Bertz CT molecular complexity index is 302. The first kappa shape index (κ1) is 15.8. The highest BCUT2D eigenvalue weighted by Gasteiger charge is 2.29. The fraction of sp³-hybridized carbons (Fsp3) is 0.938. The van der Waals surface area contributed by atoms with Gasteiger partial charge >= 0.3 is 0 Å². The van der Waals surface area contributed by atoms with Crippen LogP contribution in [0.2, 0.25) is 0 Å². The lowest BCUT2D eigenvalue weighted by atomic mass is 9.91. The number of rotatable bonds is 8. The quantitative estimate of drug-likeness (QED) is 0.665. The first-order chi connectivity index (χ1) is 9.70. The number of nitrogens with zero attached hydrogens (tertiary/aromatic N) is 1. The predicted molar refractivity (Wildman–Crippen MR) is 82.7 cm³/mol. The summed E-state index contributed by atoms with van der Waals surface area (Å²) in [6.45, 7) is 9.96. The molecule has 2 atom stereocenters. The van der Waals surface area contributed by atoms with Crippen LogP contribution in [0.3, 0.4) is 0 Å². The third kappa shape index (κ3) is 5.06. The fourth-order valence-corrected chi connectivity index (χ4v) is 3.16. The monoisotopic (exact) mass is 281 g/mol. The minimum atomic E-state index is 0.256. The second-order valence-electron chi connectivity index (χ2n) is 6.51. The summed E-state index contributed by atoms with van der Waals surface area (Å²) < 4.78 is 0. The highest BCUT2D eigenvalue weighted by Crippen LogP contribution is 2.28. The molecule has 0 bridgehead atoms. The highest BCUT2D eigenvalue weighted by molar-refractivity contribution is 5.80. The summed E-state index contributed by atoms with van der Waals surface area (Å²) in [4.78, 5) is 14.1. The van der Waals surface area contributed by atoms with Gasteiger partial charge in [0.2, 0.25) is 5.91 Å². The van der Waals surface area contributed by atoms with E-state index in [1.807, 2.05) is 0 Å². The number of hydrogen-bond donors (Lipinski definition) is 2. The van der Waals surface area contributed by atoms with E-state index in [9.17, 15) is 4.79 Å². The van der Waals surface area contributed by atoms with Crippen LogP contribution in [0.25, 0.3) is 0 Å². The van der Waals surface area contributed by atoms with Crippen molar-refractivity contribution < 1.29 is 4.79 Å². The summed E-state index contributed by atoms with van der Waals surface area (Å²) in [5.41, 5.74) is 0. The first-order valence-corrected chi connectivity index (χ1v) is 8.44. The van der Waals surface area contributed by atoms with E-state index < -0.39 is 0 Å². The topological polar surface area (TPSA) is 44.4 Å². The van der Waals surface area contributed by atoms with E-state index in [1.165, 1.54) is 38.9 Å². The summed E-state index contributed by atoms with van der Waals surface area (Å²) in [5.74, 6) is 1.34. The van der Waals surface area contributed by atoms with Crippen LogP contribution in [-0.4, -0.2) is 49.6 Å². The van der Waals surface area contributed by atoms with Gasteiger partial charge in [-0.05, 0) is 58.0 Å². The maximum Gasteiger partial charge on any atom is 0.223 e. The molecule has 0 aromatic carbocycles. The predicted octanol–water partition coefficient (Wildman–Crippen LogP) is 1.61. The lowest BCUT2D eigenvalue weighted by Gasteiger charge is -2.36. The van der Waals surface area contributed by atoms with Gasteiger partial charge in [0.25, 0.3) is 0 Å². The average molecular weight is 281 g/mol. The smallest absolute Gasteiger partial charge is 0.223 e. The molecule has 0 aromatic heterocycles. The molecule has 4 heteroatoms. The minimum absolute atomic E-state index is 0.256. The minimum Gasteiger partial charge on any atom is -0.355 e. The molecule has 1 saturated heterocycles. The SMILES string of the molecule is CCCN1CCCC(C(C)NCCNC(=O)C2CC2)C1. The van der Waals surface area contributed by atoms with Crippen LogP contribution in [0.15, 0.2) is 0 Å². The molecule has 1 aliphatic heterocycles. The first-order valence-electron chi connectivity index (χ1n) is 8.44. The number of hydrogen-bond acceptors (Lipinski definition) is 3. The second-order valence-corrected chi connectivity index (χ2v) is 6.51. The summed E-state index contributed by atoms with van der Waals surface area (Å²) in [5, 5.41) is 6.61. The van der Waals surface area contributed by atoms with E-state index in [-0.39, 0.29) is 5.91 Å². The van der Waals surface area contributed by atoms with Crippen molar-refractivity contribution in [2.45, 2.75) is 52.0 Å². The zero-order valence-electron chi connectivity index (χ0n) is 13.2. The van der Waals surface area contributed by atoms with E-state index in [2.05, 4.69) is 29.4 Å². The van der Waals surface area contributed by atoms with E-state index in [0.29, 0.717) is 12.0 Å².